The van der Waals surface area contributed by atoms with Gasteiger partial charge in [-0.2, -0.15) is 0 Å². The van der Waals surface area contributed by atoms with E-state index in [1.54, 1.807) is 7.11 Å². The second-order valence-corrected chi connectivity index (χ2v) is 7.54. The number of hydrogen-bond acceptors (Lipinski definition) is 5. The molecule has 0 aliphatic heterocycles. The molecular formula is C24H25NO5. The highest BCUT2D eigenvalue weighted by Crippen LogP contribution is 2.37. The van der Waals surface area contributed by atoms with Crippen LogP contribution in [0.25, 0.3) is 11.5 Å². The Morgan fingerprint density at radius 1 is 1.20 bits per heavy atom. The number of oxazole rings is 1. The molecule has 2 aromatic carbocycles. The molecule has 156 valence electrons. The van der Waals surface area contributed by atoms with Crippen LogP contribution >= 0.6 is 0 Å². The minimum absolute atomic E-state index is 0.112. The van der Waals surface area contributed by atoms with Crippen LogP contribution in [0.2, 0.25) is 0 Å². The number of aliphatic carboxylic acids is 1. The lowest BCUT2D eigenvalue weighted by molar-refractivity contribution is -0.137. The molecule has 1 heterocycles. The van der Waals surface area contributed by atoms with E-state index >= 15 is 0 Å². The molecule has 0 fully saturated rings. The second-order valence-electron chi connectivity index (χ2n) is 7.54. The first-order valence-electron chi connectivity index (χ1n) is 10.1. The maximum Gasteiger partial charge on any atom is 0.303 e. The number of ether oxygens (including phenoxy) is 2. The summed E-state index contributed by atoms with van der Waals surface area (Å²) in [5.41, 5.74) is 4.11. The molecule has 1 aliphatic carbocycles. The van der Waals surface area contributed by atoms with Crippen LogP contribution in [0, 0.1) is 6.92 Å². The number of carboxylic acids is 1. The van der Waals surface area contributed by atoms with Gasteiger partial charge < -0.3 is 19.0 Å². The van der Waals surface area contributed by atoms with E-state index in [9.17, 15) is 4.79 Å². The summed E-state index contributed by atoms with van der Waals surface area (Å²) in [6.45, 7) is 2.40. The number of nitrogens with zero attached hydrogens (tertiary/aromatic N) is 1. The predicted molar refractivity (Wildman–Crippen MR) is 112 cm³/mol. The van der Waals surface area contributed by atoms with E-state index in [-0.39, 0.29) is 12.3 Å². The van der Waals surface area contributed by atoms with Gasteiger partial charge in [-0.25, -0.2) is 4.98 Å². The van der Waals surface area contributed by atoms with Gasteiger partial charge in [0, 0.05) is 12.0 Å². The van der Waals surface area contributed by atoms with Crippen molar-refractivity contribution in [2.24, 2.45) is 0 Å². The van der Waals surface area contributed by atoms with Gasteiger partial charge in [0.25, 0.3) is 0 Å². The van der Waals surface area contributed by atoms with Crippen LogP contribution in [0.1, 0.15) is 41.3 Å². The Kier molecular flexibility index (Phi) is 5.74. The molecule has 0 bridgehead atoms. The highest BCUT2D eigenvalue weighted by Gasteiger charge is 2.25. The summed E-state index contributed by atoms with van der Waals surface area (Å²) >= 11 is 0. The van der Waals surface area contributed by atoms with Gasteiger partial charge in [0.15, 0.2) is 0 Å². The van der Waals surface area contributed by atoms with E-state index in [0.29, 0.717) is 18.9 Å². The zero-order valence-corrected chi connectivity index (χ0v) is 17.2. The van der Waals surface area contributed by atoms with E-state index < -0.39 is 5.97 Å². The summed E-state index contributed by atoms with van der Waals surface area (Å²) in [6.07, 6.45) is 2.62. The molecule has 0 unspecified atom stereocenters. The molecule has 3 aromatic rings. The van der Waals surface area contributed by atoms with E-state index in [4.69, 9.17) is 19.0 Å². The summed E-state index contributed by atoms with van der Waals surface area (Å²) in [5, 5.41) is 9.05. The van der Waals surface area contributed by atoms with Crippen LogP contribution in [0.4, 0.5) is 0 Å². The first-order chi connectivity index (χ1) is 14.5. The first kappa shape index (κ1) is 20.0. The molecule has 30 heavy (non-hydrogen) atoms. The maximum absolute atomic E-state index is 11.0. The number of hydrogen-bond donors (Lipinski definition) is 1. The van der Waals surface area contributed by atoms with Crippen molar-refractivity contribution < 1.29 is 23.8 Å². The second kappa shape index (κ2) is 8.61. The molecule has 4 rings (SSSR count). The molecule has 0 spiro atoms. The van der Waals surface area contributed by atoms with Crippen LogP contribution in [0.15, 0.2) is 46.9 Å². The number of aromatic nitrogens is 1. The molecule has 0 saturated heterocycles. The van der Waals surface area contributed by atoms with Crippen LogP contribution in [0.5, 0.6) is 11.5 Å². The third-order valence-electron chi connectivity index (χ3n) is 5.57. The molecule has 6 nitrogen and oxygen atoms in total. The average Bonchev–Trinajstić information content (AvgIpc) is 3.31. The monoisotopic (exact) mass is 407 g/mol. The summed E-state index contributed by atoms with van der Waals surface area (Å²) in [7, 11) is 1.64. The first-order valence-corrected chi connectivity index (χ1v) is 10.1. The van der Waals surface area contributed by atoms with Gasteiger partial charge in [-0.15, -0.1) is 0 Å². The van der Waals surface area contributed by atoms with E-state index in [1.165, 1.54) is 5.56 Å². The third-order valence-corrected chi connectivity index (χ3v) is 5.57. The minimum Gasteiger partial charge on any atom is -0.497 e. The van der Waals surface area contributed by atoms with Gasteiger partial charge >= 0.3 is 5.97 Å². The largest absolute Gasteiger partial charge is 0.497 e. The van der Waals surface area contributed by atoms with E-state index in [2.05, 4.69) is 4.98 Å². The van der Waals surface area contributed by atoms with Crippen molar-refractivity contribution in [1.82, 2.24) is 4.98 Å². The SMILES string of the molecule is COc1ccc(-c2nc(CCOc3ccc4c(c3)CC[C@H]4CC(=O)O)c(C)o2)cc1. The van der Waals surface area contributed by atoms with Crippen molar-refractivity contribution in [1.29, 1.82) is 0 Å². The molecule has 6 heteroatoms. The van der Waals surface area contributed by atoms with Gasteiger partial charge in [-0.3, -0.25) is 4.79 Å². The molecule has 0 radical (unpaired) electrons. The lowest BCUT2D eigenvalue weighted by Crippen LogP contribution is -2.04. The molecule has 1 N–H and O–H groups in total. The van der Waals surface area contributed by atoms with Crippen molar-refractivity contribution in [3.05, 3.63) is 65.0 Å². The number of aryl methyl sites for hydroxylation is 2. The van der Waals surface area contributed by atoms with Crippen molar-refractivity contribution in [2.75, 3.05) is 13.7 Å². The summed E-state index contributed by atoms with van der Waals surface area (Å²) in [5.74, 6) is 2.34. The normalized spacial score (nSPS) is 15.1. The summed E-state index contributed by atoms with van der Waals surface area (Å²) < 4.78 is 16.9. The standard InChI is InChI=1S/C24H25NO5/c1-15-22(25-24(30-15)16-5-7-19(28-2)8-6-16)11-12-29-20-9-10-21-17(13-20)3-4-18(21)14-23(26)27/h5-10,13,18H,3-4,11-12,14H2,1-2H3,(H,26,27)/t18-/m0/s1. The lowest BCUT2D eigenvalue weighted by atomic mass is 9.98. The summed E-state index contributed by atoms with van der Waals surface area (Å²) in [4.78, 5) is 15.6. The van der Waals surface area contributed by atoms with E-state index in [1.807, 2.05) is 49.4 Å². The summed E-state index contributed by atoms with van der Waals surface area (Å²) in [6, 6.07) is 13.6. The maximum atomic E-state index is 11.0. The molecule has 0 saturated carbocycles. The average molecular weight is 407 g/mol. The zero-order chi connectivity index (χ0) is 21.1. The topological polar surface area (TPSA) is 81.8 Å². The smallest absolute Gasteiger partial charge is 0.303 e. The highest BCUT2D eigenvalue weighted by atomic mass is 16.5. The van der Waals surface area contributed by atoms with E-state index in [0.717, 1.165) is 46.9 Å². The van der Waals surface area contributed by atoms with Crippen LogP contribution < -0.4 is 9.47 Å². The van der Waals surface area contributed by atoms with Crippen molar-refractivity contribution in [3.63, 3.8) is 0 Å². The quantitative estimate of drug-likeness (QED) is 0.578. The number of rotatable bonds is 8. The van der Waals surface area contributed by atoms with Crippen LogP contribution in [0.3, 0.4) is 0 Å². The highest BCUT2D eigenvalue weighted by molar-refractivity contribution is 5.68. The Morgan fingerprint density at radius 3 is 2.70 bits per heavy atom. The van der Waals surface area contributed by atoms with Crippen molar-refractivity contribution in [3.8, 4) is 23.0 Å². The lowest BCUT2D eigenvalue weighted by Gasteiger charge is -2.10. The van der Waals surface area contributed by atoms with Gasteiger partial charge in [0.1, 0.15) is 17.3 Å². The van der Waals surface area contributed by atoms with Crippen molar-refractivity contribution in [2.45, 2.75) is 38.5 Å². The third kappa shape index (κ3) is 4.32. The Hall–Kier alpha value is -3.28. The molecule has 1 aliphatic rings. The molecule has 1 aromatic heterocycles. The Morgan fingerprint density at radius 2 is 1.97 bits per heavy atom. The Labute approximate surface area is 175 Å². The Balaban J connectivity index is 1.37. The number of carboxylic acid groups (broad SMARTS) is 1. The van der Waals surface area contributed by atoms with Crippen LogP contribution in [-0.2, 0) is 17.6 Å². The fraction of sp³-hybridized carbons (Fsp3) is 0.333. The van der Waals surface area contributed by atoms with Crippen LogP contribution in [-0.4, -0.2) is 29.8 Å². The zero-order valence-electron chi connectivity index (χ0n) is 17.2. The van der Waals surface area contributed by atoms with Gasteiger partial charge in [0.2, 0.25) is 5.89 Å². The number of benzene rings is 2. The molecule has 1 atom stereocenters. The molecule has 0 amide bonds. The number of fused-ring (bicyclic) bond motifs is 1. The van der Waals surface area contributed by atoms with Crippen molar-refractivity contribution >= 4 is 5.97 Å². The fourth-order valence-electron chi connectivity index (χ4n) is 3.98. The number of methoxy groups -OCH3 is 1. The Bertz CT molecular complexity index is 1040. The predicted octanol–water partition coefficient (Wildman–Crippen LogP) is 4.78. The minimum atomic E-state index is -0.745. The van der Waals surface area contributed by atoms with Gasteiger partial charge in [-0.05, 0) is 73.2 Å². The van der Waals surface area contributed by atoms with Gasteiger partial charge in [0.05, 0.1) is 25.8 Å². The number of carbonyl (C=O) groups is 1. The van der Waals surface area contributed by atoms with Gasteiger partial charge in [-0.1, -0.05) is 6.07 Å². The fourth-order valence-corrected chi connectivity index (χ4v) is 3.98. The molecular weight excluding hydrogens is 382 g/mol.